The Morgan fingerprint density at radius 2 is 2.00 bits per heavy atom. The summed E-state index contributed by atoms with van der Waals surface area (Å²) in [5.74, 6) is 0.953. The molecule has 31 heavy (non-hydrogen) atoms. The molecule has 0 bridgehead atoms. The zero-order chi connectivity index (χ0) is 21.5. The van der Waals surface area contributed by atoms with Gasteiger partial charge in [-0.15, -0.1) is 0 Å². The molecule has 2 aliphatic heterocycles. The number of benzene rings is 1. The number of aliphatic imine (C=N–C) groups is 1. The first kappa shape index (κ1) is 21.8. The number of aryl methyl sites for hydroxylation is 1. The van der Waals surface area contributed by atoms with Crippen molar-refractivity contribution in [2.45, 2.75) is 19.1 Å². The number of nitrogens with zero attached hydrogens (tertiary/aromatic N) is 5. The minimum absolute atomic E-state index is 0.00969. The van der Waals surface area contributed by atoms with Gasteiger partial charge in [0.25, 0.3) is 0 Å². The molecule has 0 aliphatic carbocycles. The van der Waals surface area contributed by atoms with Gasteiger partial charge in [0.1, 0.15) is 6.10 Å². The van der Waals surface area contributed by atoms with Crippen molar-refractivity contribution in [2.24, 2.45) is 12.0 Å². The lowest BCUT2D eigenvalue weighted by Crippen LogP contribution is -2.48. The van der Waals surface area contributed by atoms with Crippen molar-refractivity contribution in [3.63, 3.8) is 0 Å². The second kappa shape index (κ2) is 10.7. The van der Waals surface area contributed by atoms with E-state index in [2.05, 4.69) is 57.5 Å². The fourth-order valence-corrected chi connectivity index (χ4v) is 4.24. The van der Waals surface area contributed by atoms with Gasteiger partial charge in [0.15, 0.2) is 5.96 Å². The van der Waals surface area contributed by atoms with Crippen LogP contribution >= 0.6 is 0 Å². The highest BCUT2D eigenvalue weighted by atomic mass is 16.5. The summed E-state index contributed by atoms with van der Waals surface area (Å²) in [6.07, 6.45) is 3.93. The highest BCUT2D eigenvalue weighted by molar-refractivity contribution is 5.80. The Morgan fingerprint density at radius 3 is 2.71 bits per heavy atom. The molecule has 1 N–H and O–H groups in total. The van der Waals surface area contributed by atoms with Crippen LogP contribution in [0, 0.1) is 0 Å². The van der Waals surface area contributed by atoms with Crippen LogP contribution in [0.4, 0.5) is 0 Å². The molecule has 4 rings (SSSR count). The number of morpholine rings is 2. The van der Waals surface area contributed by atoms with Gasteiger partial charge >= 0.3 is 0 Å². The van der Waals surface area contributed by atoms with Crippen molar-refractivity contribution >= 4 is 5.96 Å². The first-order valence-corrected chi connectivity index (χ1v) is 11.2. The number of aromatic nitrogens is 2. The standard InChI is InChI=1S/C23H34N6O2/c1-3-24-23(29-11-14-31-22(18-29)20-15-26-27(2)17-20)25-16-21(19-7-5-4-6-8-19)28-9-12-30-13-10-28/h4-8,15,17,21-22H,3,9-14,16,18H2,1-2H3,(H,24,25). The Hall–Kier alpha value is -2.42. The number of rotatable bonds is 6. The van der Waals surface area contributed by atoms with E-state index < -0.39 is 0 Å². The summed E-state index contributed by atoms with van der Waals surface area (Å²) in [5.41, 5.74) is 2.41. The van der Waals surface area contributed by atoms with Crippen LogP contribution in [0.1, 0.15) is 30.2 Å². The lowest BCUT2D eigenvalue weighted by atomic mass is 10.0. The lowest BCUT2D eigenvalue weighted by Gasteiger charge is -2.36. The van der Waals surface area contributed by atoms with Crippen LogP contribution in [0.5, 0.6) is 0 Å². The second-order valence-corrected chi connectivity index (χ2v) is 8.02. The molecule has 1 aromatic carbocycles. The minimum atomic E-state index is 0.00969. The predicted molar refractivity (Wildman–Crippen MR) is 121 cm³/mol. The summed E-state index contributed by atoms with van der Waals surface area (Å²) in [5, 5.41) is 7.80. The number of ether oxygens (including phenoxy) is 2. The molecule has 3 heterocycles. The Balaban J connectivity index is 1.50. The molecular formula is C23H34N6O2. The average Bonchev–Trinajstić information content (AvgIpc) is 3.26. The van der Waals surface area contributed by atoms with Crippen LogP contribution < -0.4 is 5.32 Å². The largest absolute Gasteiger partial charge is 0.379 e. The topological polar surface area (TPSA) is 67.2 Å². The number of guanidine groups is 1. The average molecular weight is 427 g/mol. The van der Waals surface area contributed by atoms with E-state index in [1.165, 1.54) is 5.56 Å². The van der Waals surface area contributed by atoms with Crippen LogP contribution in [0.25, 0.3) is 0 Å². The van der Waals surface area contributed by atoms with Crippen molar-refractivity contribution in [3.8, 4) is 0 Å². The molecule has 2 aliphatic rings. The second-order valence-electron chi connectivity index (χ2n) is 8.02. The molecule has 0 radical (unpaired) electrons. The van der Waals surface area contributed by atoms with E-state index in [1.807, 2.05) is 24.1 Å². The van der Waals surface area contributed by atoms with Crippen LogP contribution in [0.15, 0.2) is 47.7 Å². The summed E-state index contributed by atoms with van der Waals surface area (Å²) >= 11 is 0. The Kier molecular flexibility index (Phi) is 7.56. The predicted octanol–water partition coefficient (Wildman–Crippen LogP) is 1.83. The van der Waals surface area contributed by atoms with Gasteiger partial charge in [-0.25, -0.2) is 0 Å². The van der Waals surface area contributed by atoms with Crippen molar-refractivity contribution < 1.29 is 9.47 Å². The van der Waals surface area contributed by atoms with Gasteiger partial charge in [0.2, 0.25) is 0 Å². The molecular weight excluding hydrogens is 392 g/mol. The van der Waals surface area contributed by atoms with Gasteiger partial charge in [-0.1, -0.05) is 30.3 Å². The van der Waals surface area contributed by atoms with E-state index in [-0.39, 0.29) is 12.1 Å². The van der Waals surface area contributed by atoms with Gasteiger partial charge in [0, 0.05) is 45.0 Å². The van der Waals surface area contributed by atoms with Crippen molar-refractivity contribution in [1.82, 2.24) is 24.9 Å². The molecule has 2 unspecified atom stereocenters. The van der Waals surface area contributed by atoms with Crippen molar-refractivity contribution in [2.75, 3.05) is 59.1 Å². The molecule has 2 atom stereocenters. The molecule has 168 valence electrons. The molecule has 8 nitrogen and oxygen atoms in total. The van der Waals surface area contributed by atoms with E-state index in [4.69, 9.17) is 14.5 Å². The zero-order valence-corrected chi connectivity index (χ0v) is 18.6. The highest BCUT2D eigenvalue weighted by Crippen LogP contribution is 2.24. The van der Waals surface area contributed by atoms with Crippen LogP contribution in [-0.2, 0) is 16.5 Å². The summed E-state index contributed by atoms with van der Waals surface area (Å²) < 4.78 is 13.4. The molecule has 0 saturated carbocycles. The number of nitrogens with one attached hydrogen (secondary N) is 1. The molecule has 1 aromatic heterocycles. The van der Waals surface area contributed by atoms with E-state index in [9.17, 15) is 0 Å². The molecule has 0 spiro atoms. The maximum atomic E-state index is 6.03. The first-order valence-electron chi connectivity index (χ1n) is 11.2. The normalized spacial score (nSPS) is 21.8. The summed E-state index contributed by atoms with van der Waals surface area (Å²) in [4.78, 5) is 9.90. The fourth-order valence-electron chi connectivity index (χ4n) is 4.24. The van der Waals surface area contributed by atoms with Gasteiger partial charge < -0.3 is 19.7 Å². The minimum Gasteiger partial charge on any atom is -0.379 e. The Morgan fingerprint density at radius 1 is 1.19 bits per heavy atom. The van der Waals surface area contributed by atoms with Gasteiger partial charge in [0.05, 0.1) is 45.1 Å². The third-order valence-corrected chi connectivity index (χ3v) is 5.88. The highest BCUT2D eigenvalue weighted by Gasteiger charge is 2.26. The molecule has 2 saturated heterocycles. The summed E-state index contributed by atoms with van der Waals surface area (Å²) in [6, 6.07) is 10.9. The summed E-state index contributed by atoms with van der Waals surface area (Å²) in [6.45, 7) is 9.37. The monoisotopic (exact) mass is 426 g/mol. The summed E-state index contributed by atoms with van der Waals surface area (Å²) in [7, 11) is 1.94. The fraction of sp³-hybridized carbons (Fsp3) is 0.565. The SMILES string of the molecule is CCNC(=NCC(c1ccccc1)N1CCOCC1)N1CCOC(c2cnn(C)c2)C1. The van der Waals surface area contributed by atoms with E-state index in [1.54, 1.807) is 0 Å². The van der Waals surface area contributed by atoms with E-state index in [0.717, 1.165) is 57.5 Å². The Bertz CT molecular complexity index is 834. The maximum absolute atomic E-state index is 6.03. The Labute approximate surface area is 184 Å². The van der Waals surface area contributed by atoms with Crippen LogP contribution in [0.2, 0.25) is 0 Å². The molecule has 2 fully saturated rings. The quantitative estimate of drug-likeness (QED) is 0.562. The third-order valence-electron chi connectivity index (χ3n) is 5.88. The smallest absolute Gasteiger partial charge is 0.194 e. The molecule has 0 amide bonds. The molecule has 2 aromatic rings. The molecule has 8 heteroatoms. The van der Waals surface area contributed by atoms with Crippen molar-refractivity contribution in [1.29, 1.82) is 0 Å². The maximum Gasteiger partial charge on any atom is 0.194 e. The third kappa shape index (κ3) is 5.64. The van der Waals surface area contributed by atoms with Crippen LogP contribution in [0.3, 0.4) is 0 Å². The number of hydrogen-bond acceptors (Lipinski definition) is 5. The lowest BCUT2D eigenvalue weighted by molar-refractivity contribution is -0.00823. The van der Waals surface area contributed by atoms with Crippen molar-refractivity contribution in [3.05, 3.63) is 53.9 Å². The zero-order valence-electron chi connectivity index (χ0n) is 18.6. The van der Waals surface area contributed by atoms with Gasteiger partial charge in [-0.3, -0.25) is 14.6 Å². The van der Waals surface area contributed by atoms with Gasteiger partial charge in [-0.2, -0.15) is 5.10 Å². The van der Waals surface area contributed by atoms with Crippen LogP contribution in [-0.4, -0.2) is 84.6 Å². The first-order chi connectivity index (χ1) is 15.2. The number of hydrogen-bond donors (Lipinski definition) is 1. The van der Waals surface area contributed by atoms with E-state index >= 15 is 0 Å². The van der Waals surface area contributed by atoms with E-state index in [0.29, 0.717) is 13.2 Å². The van der Waals surface area contributed by atoms with Gasteiger partial charge in [-0.05, 0) is 12.5 Å².